The predicted molar refractivity (Wildman–Crippen MR) is 85.1 cm³/mol. The molecule has 0 unspecified atom stereocenters. The molecule has 2 fully saturated rings. The van der Waals surface area contributed by atoms with E-state index in [2.05, 4.69) is 0 Å². The molecule has 5 atom stereocenters. The van der Waals surface area contributed by atoms with Gasteiger partial charge in [0, 0.05) is 16.2 Å². The minimum absolute atomic E-state index is 0.0779. The fourth-order valence-corrected chi connectivity index (χ4v) is 5.33. The van der Waals surface area contributed by atoms with Gasteiger partial charge in [0.1, 0.15) is 23.3 Å². The van der Waals surface area contributed by atoms with E-state index in [4.69, 9.17) is 22.7 Å². The van der Waals surface area contributed by atoms with Crippen LogP contribution in [0.4, 0.5) is 0 Å². The van der Waals surface area contributed by atoms with Gasteiger partial charge in [-0.2, -0.15) is 0 Å². The van der Waals surface area contributed by atoms with Gasteiger partial charge >= 0.3 is 0 Å². The highest BCUT2D eigenvalue weighted by atomic mass is 32.2. The van der Waals surface area contributed by atoms with E-state index in [9.17, 15) is 10.2 Å². The number of fused-ring (bicyclic) bond motifs is 2. The number of aliphatic hydroxyl groups excluding tert-OH is 2. The van der Waals surface area contributed by atoms with Gasteiger partial charge in [-0.3, -0.25) is 0 Å². The first-order valence-corrected chi connectivity index (χ1v) is 8.59. The van der Waals surface area contributed by atoms with Gasteiger partial charge in [0.05, 0.1) is 10.7 Å². The summed E-state index contributed by atoms with van der Waals surface area (Å²) in [4.78, 5) is 1.45. The molecule has 7 heteroatoms. The first kappa shape index (κ1) is 14.6. The molecule has 1 aromatic rings. The highest BCUT2D eigenvalue weighted by Crippen LogP contribution is 2.44. The van der Waals surface area contributed by atoms with Gasteiger partial charge in [-0.05, 0) is 12.1 Å². The van der Waals surface area contributed by atoms with Gasteiger partial charge in [0.15, 0.2) is 0 Å². The predicted octanol–water partition coefficient (Wildman–Crippen LogP) is 0.975. The summed E-state index contributed by atoms with van der Waals surface area (Å²) in [5.74, 6) is 0.706. The lowest BCUT2D eigenvalue weighted by atomic mass is 10.1. The van der Waals surface area contributed by atoms with E-state index in [1.807, 2.05) is 24.3 Å². The lowest BCUT2D eigenvalue weighted by molar-refractivity contribution is 0.0229. The lowest BCUT2D eigenvalue weighted by Gasteiger charge is -2.28. The Labute approximate surface area is 131 Å². The van der Waals surface area contributed by atoms with Crippen LogP contribution in [0, 0.1) is 0 Å². The molecule has 0 spiro atoms. The SMILES string of the molecule is NC(=S)c1ccc(S[C@H]2SC[C@H]3O[C@@H]2[C@@H](O)[C@@H]3O)cc1. The Balaban J connectivity index is 1.70. The van der Waals surface area contributed by atoms with Crippen molar-refractivity contribution in [1.29, 1.82) is 0 Å². The van der Waals surface area contributed by atoms with Gasteiger partial charge in [-0.15, -0.1) is 23.5 Å². The zero-order valence-electron chi connectivity index (χ0n) is 10.5. The summed E-state index contributed by atoms with van der Waals surface area (Å²) in [6.07, 6.45) is -2.14. The Kier molecular flexibility index (Phi) is 4.26. The minimum Gasteiger partial charge on any atom is -0.389 e. The molecule has 2 saturated heterocycles. The van der Waals surface area contributed by atoms with Crippen LogP contribution in [-0.2, 0) is 4.74 Å². The molecule has 4 nitrogen and oxygen atoms in total. The molecule has 2 bridgehead atoms. The van der Waals surface area contributed by atoms with Gasteiger partial charge < -0.3 is 20.7 Å². The molecule has 20 heavy (non-hydrogen) atoms. The highest BCUT2D eigenvalue weighted by molar-refractivity contribution is 8.17. The fourth-order valence-electron chi connectivity index (χ4n) is 2.36. The Hall–Kier alpha value is -0.310. The number of thiocarbonyl (C=S) groups is 1. The quantitative estimate of drug-likeness (QED) is 0.714. The van der Waals surface area contributed by atoms with Crippen LogP contribution < -0.4 is 5.73 Å². The zero-order valence-corrected chi connectivity index (χ0v) is 13.0. The van der Waals surface area contributed by atoms with Gasteiger partial charge in [-0.1, -0.05) is 24.4 Å². The second-order valence-electron chi connectivity index (χ2n) is 4.83. The summed E-state index contributed by atoms with van der Waals surface area (Å²) in [7, 11) is 0. The standard InChI is InChI=1S/C13H15NO3S3/c14-12(18)6-1-3-7(4-2-6)20-13-11-10(16)9(15)8(17-11)5-19-13/h1-4,8-11,13,15-16H,5H2,(H2,14,18)/t8-,9-,10+,11-,13-/m1/s1. The largest absolute Gasteiger partial charge is 0.389 e. The van der Waals surface area contributed by atoms with Crippen LogP contribution in [0.1, 0.15) is 5.56 Å². The molecule has 1 aromatic carbocycles. The summed E-state index contributed by atoms with van der Waals surface area (Å²) in [6.45, 7) is 0. The van der Waals surface area contributed by atoms with Crippen LogP contribution in [-0.4, -0.2) is 50.0 Å². The molecule has 0 radical (unpaired) electrons. The third-order valence-electron chi connectivity index (χ3n) is 3.48. The van der Waals surface area contributed by atoms with Crippen molar-refractivity contribution in [3.63, 3.8) is 0 Å². The second kappa shape index (κ2) is 5.82. The molecule has 4 N–H and O–H groups in total. The van der Waals surface area contributed by atoms with Gasteiger partial charge in [0.2, 0.25) is 0 Å². The van der Waals surface area contributed by atoms with Crippen molar-refractivity contribution in [2.75, 3.05) is 5.75 Å². The maximum absolute atomic E-state index is 10.00. The number of benzene rings is 1. The molecular formula is C13H15NO3S3. The maximum atomic E-state index is 10.00. The summed E-state index contributed by atoms with van der Waals surface area (Å²) < 4.78 is 5.76. The van der Waals surface area contributed by atoms with Crippen molar-refractivity contribution in [1.82, 2.24) is 0 Å². The van der Waals surface area contributed by atoms with Gasteiger partial charge in [0.25, 0.3) is 0 Å². The van der Waals surface area contributed by atoms with Crippen molar-refractivity contribution >= 4 is 40.7 Å². The average Bonchev–Trinajstić information content (AvgIpc) is 2.68. The minimum atomic E-state index is -0.802. The lowest BCUT2D eigenvalue weighted by Crippen LogP contribution is -2.34. The molecule has 108 valence electrons. The molecule has 2 aliphatic heterocycles. The van der Waals surface area contributed by atoms with E-state index in [-0.39, 0.29) is 16.8 Å². The van der Waals surface area contributed by atoms with Crippen molar-refractivity contribution in [3.8, 4) is 0 Å². The number of hydrogen-bond acceptors (Lipinski definition) is 6. The molecule has 0 aliphatic carbocycles. The summed E-state index contributed by atoms with van der Waals surface area (Å²) in [6, 6.07) is 7.70. The average molecular weight is 329 g/mol. The number of aliphatic hydroxyl groups is 2. The molecular weight excluding hydrogens is 314 g/mol. The second-order valence-corrected chi connectivity index (χ2v) is 7.96. The number of hydrogen-bond donors (Lipinski definition) is 3. The molecule has 3 rings (SSSR count). The van der Waals surface area contributed by atoms with E-state index in [0.29, 0.717) is 10.7 Å². The highest BCUT2D eigenvalue weighted by Gasteiger charge is 2.50. The maximum Gasteiger partial charge on any atom is 0.111 e. The molecule has 0 saturated carbocycles. The number of ether oxygens (including phenoxy) is 1. The molecule has 0 aromatic heterocycles. The van der Waals surface area contributed by atoms with Gasteiger partial charge in [-0.25, -0.2) is 0 Å². The Bertz CT molecular complexity index is 510. The third kappa shape index (κ3) is 2.70. The summed E-state index contributed by atoms with van der Waals surface area (Å²) in [5.41, 5.74) is 6.41. The van der Waals surface area contributed by atoms with E-state index in [0.717, 1.165) is 10.5 Å². The van der Waals surface area contributed by atoms with Crippen molar-refractivity contribution in [2.45, 2.75) is 33.9 Å². The van der Waals surface area contributed by atoms with Crippen molar-refractivity contribution < 1.29 is 14.9 Å². The van der Waals surface area contributed by atoms with E-state index in [1.165, 1.54) is 0 Å². The molecule has 2 aliphatic rings. The fraction of sp³-hybridized carbons (Fsp3) is 0.462. The van der Waals surface area contributed by atoms with Crippen LogP contribution in [0.2, 0.25) is 0 Å². The summed E-state index contributed by atoms with van der Waals surface area (Å²) >= 11 is 8.28. The van der Waals surface area contributed by atoms with Crippen LogP contribution >= 0.6 is 35.7 Å². The number of nitrogens with two attached hydrogens (primary N) is 1. The number of thioether (sulfide) groups is 2. The van der Waals surface area contributed by atoms with Crippen LogP contribution in [0.15, 0.2) is 29.2 Å². The smallest absolute Gasteiger partial charge is 0.111 e. The zero-order chi connectivity index (χ0) is 14.3. The topological polar surface area (TPSA) is 75.7 Å². The normalized spacial score (nSPS) is 36.0. The Morgan fingerprint density at radius 2 is 2.00 bits per heavy atom. The third-order valence-corrected chi connectivity index (χ3v) is 6.58. The Morgan fingerprint density at radius 1 is 1.30 bits per heavy atom. The van der Waals surface area contributed by atoms with E-state index >= 15 is 0 Å². The van der Waals surface area contributed by atoms with Crippen LogP contribution in [0.3, 0.4) is 0 Å². The van der Waals surface area contributed by atoms with E-state index in [1.54, 1.807) is 23.5 Å². The van der Waals surface area contributed by atoms with E-state index < -0.39 is 12.2 Å². The first-order valence-electron chi connectivity index (χ1n) is 6.26. The van der Waals surface area contributed by atoms with Crippen LogP contribution in [0.5, 0.6) is 0 Å². The molecule has 0 amide bonds. The molecule has 2 heterocycles. The Morgan fingerprint density at radius 3 is 2.65 bits per heavy atom. The first-order chi connectivity index (χ1) is 9.56. The monoisotopic (exact) mass is 329 g/mol. The van der Waals surface area contributed by atoms with Crippen LogP contribution in [0.25, 0.3) is 0 Å². The van der Waals surface area contributed by atoms with Crippen molar-refractivity contribution in [2.24, 2.45) is 5.73 Å². The van der Waals surface area contributed by atoms with Crippen molar-refractivity contribution in [3.05, 3.63) is 29.8 Å². The summed E-state index contributed by atoms with van der Waals surface area (Å²) in [5, 5.41) is 19.8. The number of rotatable bonds is 3.